The van der Waals surface area contributed by atoms with E-state index in [1.165, 1.54) is 0 Å². The highest BCUT2D eigenvalue weighted by Crippen LogP contribution is 1.94. The Bertz CT molecular complexity index is 300. The maximum Gasteiger partial charge on any atom is 0.241 e. The van der Waals surface area contributed by atoms with E-state index in [-0.39, 0.29) is 30.2 Å². The number of primary amides is 1. The van der Waals surface area contributed by atoms with Crippen LogP contribution in [0.15, 0.2) is 0 Å². The van der Waals surface area contributed by atoms with Crippen molar-refractivity contribution in [1.29, 1.82) is 0 Å². The van der Waals surface area contributed by atoms with Crippen LogP contribution < -0.4 is 16.4 Å². The van der Waals surface area contributed by atoms with E-state index in [1.54, 1.807) is 27.7 Å². The third-order valence-electron chi connectivity index (χ3n) is 2.19. The summed E-state index contributed by atoms with van der Waals surface area (Å²) in [4.78, 5) is 33.8. The first-order valence-corrected chi connectivity index (χ1v) is 5.63. The largest absolute Gasteiger partial charge is 0.368 e. The molecule has 6 nitrogen and oxygen atoms in total. The number of amides is 3. The minimum absolute atomic E-state index is 0.0187. The Balaban J connectivity index is 4.31. The highest BCUT2D eigenvalue weighted by Gasteiger charge is 2.20. The van der Waals surface area contributed by atoms with E-state index in [1.807, 2.05) is 0 Å². The molecule has 0 heterocycles. The third-order valence-corrected chi connectivity index (χ3v) is 2.19. The van der Waals surface area contributed by atoms with Gasteiger partial charge in [0.1, 0.15) is 6.04 Å². The van der Waals surface area contributed by atoms with E-state index in [9.17, 15) is 14.4 Å². The first-order chi connectivity index (χ1) is 7.75. The van der Waals surface area contributed by atoms with Crippen LogP contribution in [0.1, 0.15) is 27.7 Å². The van der Waals surface area contributed by atoms with Crippen LogP contribution in [0.25, 0.3) is 0 Å². The van der Waals surface area contributed by atoms with Crippen molar-refractivity contribution in [2.24, 2.45) is 17.6 Å². The number of hydrogen-bond acceptors (Lipinski definition) is 3. The number of carbonyl (C=O) groups excluding carboxylic acids is 3. The van der Waals surface area contributed by atoms with Crippen molar-refractivity contribution >= 4 is 17.7 Å². The van der Waals surface area contributed by atoms with Crippen LogP contribution in [-0.4, -0.2) is 30.3 Å². The van der Waals surface area contributed by atoms with Gasteiger partial charge in [-0.25, -0.2) is 0 Å². The predicted molar refractivity (Wildman–Crippen MR) is 63.8 cm³/mol. The summed E-state index contributed by atoms with van der Waals surface area (Å²) in [6.07, 6.45) is 0. The van der Waals surface area contributed by atoms with E-state index >= 15 is 0 Å². The molecule has 0 fully saturated rings. The van der Waals surface area contributed by atoms with Gasteiger partial charge in [0.15, 0.2) is 0 Å². The van der Waals surface area contributed by atoms with Gasteiger partial charge in [-0.15, -0.1) is 0 Å². The first kappa shape index (κ1) is 15.4. The Morgan fingerprint density at radius 1 is 1.00 bits per heavy atom. The summed E-state index contributed by atoms with van der Waals surface area (Å²) in [7, 11) is 0. The van der Waals surface area contributed by atoms with Crippen LogP contribution in [0, 0.1) is 11.8 Å². The van der Waals surface area contributed by atoms with Gasteiger partial charge in [0.05, 0.1) is 0 Å². The summed E-state index contributed by atoms with van der Waals surface area (Å²) >= 11 is 0. The van der Waals surface area contributed by atoms with Gasteiger partial charge in [0.25, 0.3) is 0 Å². The molecule has 0 aliphatic rings. The van der Waals surface area contributed by atoms with Crippen LogP contribution in [0.3, 0.4) is 0 Å². The SMILES string of the molecule is CC(C)C(=O)NCC(NC(=O)C(C)C)C(N)=O. The molecular formula is C11H21N3O3. The van der Waals surface area contributed by atoms with E-state index in [0.717, 1.165) is 0 Å². The van der Waals surface area contributed by atoms with Crippen molar-refractivity contribution in [2.45, 2.75) is 33.7 Å². The molecule has 0 aliphatic heterocycles. The standard InChI is InChI=1S/C11H21N3O3/c1-6(2)10(16)13-5-8(9(12)15)14-11(17)7(3)4/h6-8H,5H2,1-4H3,(H2,12,15)(H,13,16)(H,14,17). The molecular weight excluding hydrogens is 222 g/mol. The number of nitrogens with one attached hydrogen (secondary N) is 2. The van der Waals surface area contributed by atoms with Crippen LogP contribution >= 0.6 is 0 Å². The molecule has 0 aliphatic carbocycles. The quantitative estimate of drug-likeness (QED) is 0.579. The summed E-state index contributed by atoms with van der Waals surface area (Å²) < 4.78 is 0. The molecule has 1 atom stereocenters. The zero-order valence-electron chi connectivity index (χ0n) is 10.7. The average Bonchev–Trinajstić information content (AvgIpc) is 2.22. The predicted octanol–water partition coefficient (Wildman–Crippen LogP) is -0.615. The molecule has 0 radical (unpaired) electrons. The van der Waals surface area contributed by atoms with E-state index in [0.29, 0.717) is 0 Å². The van der Waals surface area contributed by atoms with Crippen LogP contribution in [0.2, 0.25) is 0 Å². The van der Waals surface area contributed by atoms with E-state index in [4.69, 9.17) is 5.73 Å². The van der Waals surface area contributed by atoms with Crippen molar-refractivity contribution in [3.05, 3.63) is 0 Å². The maximum atomic E-state index is 11.4. The van der Waals surface area contributed by atoms with Gasteiger partial charge < -0.3 is 16.4 Å². The third kappa shape index (κ3) is 5.89. The van der Waals surface area contributed by atoms with Gasteiger partial charge in [0.2, 0.25) is 17.7 Å². The number of rotatable bonds is 6. The lowest BCUT2D eigenvalue weighted by molar-refractivity contribution is -0.130. The Labute approximate surface area is 101 Å². The number of hydrogen-bond donors (Lipinski definition) is 3. The molecule has 0 spiro atoms. The first-order valence-electron chi connectivity index (χ1n) is 5.63. The molecule has 17 heavy (non-hydrogen) atoms. The lowest BCUT2D eigenvalue weighted by atomic mass is 10.1. The number of nitrogens with two attached hydrogens (primary N) is 1. The molecule has 1 unspecified atom stereocenters. The smallest absolute Gasteiger partial charge is 0.241 e. The topological polar surface area (TPSA) is 101 Å². The Kier molecular flexibility index (Phi) is 6.23. The molecule has 0 saturated heterocycles. The normalized spacial score (nSPS) is 12.4. The fraction of sp³-hybridized carbons (Fsp3) is 0.727. The van der Waals surface area contributed by atoms with Crippen molar-refractivity contribution in [3.8, 4) is 0 Å². The van der Waals surface area contributed by atoms with E-state index in [2.05, 4.69) is 10.6 Å². The van der Waals surface area contributed by atoms with Gasteiger partial charge in [-0.1, -0.05) is 27.7 Å². The molecule has 0 aromatic rings. The Hall–Kier alpha value is -1.59. The molecule has 0 bridgehead atoms. The van der Waals surface area contributed by atoms with Crippen LogP contribution in [0.5, 0.6) is 0 Å². The average molecular weight is 243 g/mol. The second-order valence-electron chi connectivity index (χ2n) is 4.52. The maximum absolute atomic E-state index is 11.4. The van der Waals surface area contributed by atoms with Gasteiger partial charge in [0, 0.05) is 18.4 Å². The Morgan fingerprint density at radius 3 is 1.82 bits per heavy atom. The minimum Gasteiger partial charge on any atom is -0.368 e. The minimum atomic E-state index is -0.868. The molecule has 0 rings (SSSR count). The highest BCUT2D eigenvalue weighted by molar-refractivity contribution is 5.88. The second kappa shape index (κ2) is 6.88. The van der Waals surface area contributed by atoms with Crippen molar-refractivity contribution in [2.75, 3.05) is 6.54 Å². The molecule has 0 saturated carbocycles. The summed E-state index contributed by atoms with van der Waals surface area (Å²) in [5, 5.41) is 5.04. The molecule has 0 aromatic heterocycles. The zero-order chi connectivity index (χ0) is 13.6. The monoisotopic (exact) mass is 243 g/mol. The Morgan fingerprint density at radius 2 is 1.47 bits per heavy atom. The van der Waals surface area contributed by atoms with Crippen LogP contribution in [-0.2, 0) is 14.4 Å². The van der Waals surface area contributed by atoms with Crippen molar-refractivity contribution < 1.29 is 14.4 Å². The molecule has 6 heteroatoms. The molecule has 0 aromatic carbocycles. The molecule has 3 amide bonds. The summed E-state index contributed by atoms with van der Waals surface area (Å²) in [5.41, 5.74) is 5.14. The van der Waals surface area contributed by atoms with Gasteiger partial charge in [-0.3, -0.25) is 14.4 Å². The van der Waals surface area contributed by atoms with Crippen LogP contribution in [0.4, 0.5) is 0 Å². The van der Waals surface area contributed by atoms with Gasteiger partial charge in [-0.05, 0) is 0 Å². The fourth-order valence-corrected chi connectivity index (χ4v) is 0.968. The lowest BCUT2D eigenvalue weighted by Gasteiger charge is -2.18. The van der Waals surface area contributed by atoms with E-state index < -0.39 is 11.9 Å². The summed E-state index contributed by atoms with van der Waals surface area (Å²) in [6, 6.07) is -0.868. The second-order valence-corrected chi connectivity index (χ2v) is 4.52. The highest BCUT2D eigenvalue weighted by atomic mass is 16.2. The molecule has 4 N–H and O–H groups in total. The fourth-order valence-electron chi connectivity index (χ4n) is 0.968. The molecule has 98 valence electrons. The van der Waals surface area contributed by atoms with Gasteiger partial charge in [-0.2, -0.15) is 0 Å². The van der Waals surface area contributed by atoms with Gasteiger partial charge >= 0.3 is 0 Å². The van der Waals surface area contributed by atoms with Crippen molar-refractivity contribution in [1.82, 2.24) is 10.6 Å². The lowest BCUT2D eigenvalue weighted by Crippen LogP contribution is -2.52. The van der Waals surface area contributed by atoms with Crippen molar-refractivity contribution in [3.63, 3.8) is 0 Å². The zero-order valence-corrected chi connectivity index (χ0v) is 10.7. The number of carbonyl (C=O) groups is 3. The summed E-state index contributed by atoms with van der Waals surface area (Å²) in [6.45, 7) is 6.91. The summed E-state index contributed by atoms with van der Waals surface area (Å²) in [5.74, 6) is -1.53.